The molecule has 0 heterocycles. The minimum absolute atomic E-state index is 0.468. The summed E-state index contributed by atoms with van der Waals surface area (Å²) >= 11 is 3.21. The molecule has 16 heavy (non-hydrogen) atoms. The second-order valence-corrected chi connectivity index (χ2v) is 5.34. The molecule has 0 saturated heterocycles. The number of hydrogen-bond donors (Lipinski definition) is 0. The van der Waals surface area contributed by atoms with Gasteiger partial charge in [-0.1, -0.05) is 35.2 Å². The molecule has 5 heteroatoms. The maximum absolute atomic E-state index is 12.3. The minimum Gasteiger partial charge on any atom is -0.294 e. The van der Waals surface area contributed by atoms with E-state index in [-0.39, 0.29) is 0 Å². The molecule has 0 bridgehead atoms. The molecule has 0 aromatic carbocycles. The monoisotopic (exact) mass is 301 g/mol. The Morgan fingerprint density at radius 2 is 1.75 bits per heavy atom. The molecule has 1 aliphatic carbocycles. The first kappa shape index (κ1) is 14.3. The van der Waals surface area contributed by atoms with Crippen molar-refractivity contribution in [2.75, 3.05) is 25.0 Å². The van der Waals surface area contributed by atoms with Crippen molar-refractivity contribution >= 4 is 15.9 Å². The Balaban J connectivity index is 2.36. The van der Waals surface area contributed by atoms with Crippen LogP contribution in [0.25, 0.3) is 0 Å². The van der Waals surface area contributed by atoms with Crippen molar-refractivity contribution in [2.24, 2.45) is 5.92 Å². The van der Waals surface area contributed by atoms with Gasteiger partial charge in [-0.3, -0.25) is 4.90 Å². The van der Waals surface area contributed by atoms with Crippen LogP contribution in [0.4, 0.5) is 13.2 Å². The van der Waals surface area contributed by atoms with E-state index < -0.39 is 12.7 Å². The maximum atomic E-state index is 12.3. The Labute approximate surface area is 104 Å². The number of halogens is 4. The van der Waals surface area contributed by atoms with E-state index in [9.17, 15) is 13.2 Å². The first-order chi connectivity index (χ1) is 7.51. The molecule has 1 fully saturated rings. The van der Waals surface area contributed by atoms with E-state index in [1.165, 1.54) is 24.2 Å². The second-order valence-electron chi connectivity index (χ2n) is 4.54. The highest BCUT2D eigenvalue weighted by Gasteiger charge is 2.31. The molecule has 0 aromatic rings. The Hall–Kier alpha value is 0.230. The third kappa shape index (κ3) is 6.09. The number of alkyl halides is 4. The van der Waals surface area contributed by atoms with Crippen LogP contribution >= 0.6 is 15.9 Å². The van der Waals surface area contributed by atoms with Crippen molar-refractivity contribution in [3.8, 4) is 0 Å². The van der Waals surface area contributed by atoms with Gasteiger partial charge in [-0.2, -0.15) is 13.2 Å². The Kier molecular flexibility index (Phi) is 6.11. The van der Waals surface area contributed by atoms with E-state index in [0.29, 0.717) is 24.3 Å². The lowest BCUT2D eigenvalue weighted by atomic mass is 9.89. The van der Waals surface area contributed by atoms with E-state index in [0.717, 1.165) is 12.8 Å². The van der Waals surface area contributed by atoms with Gasteiger partial charge in [0.2, 0.25) is 0 Å². The highest BCUT2D eigenvalue weighted by molar-refractivity contribution is 9.09. The van der Waals surface area contributed by atoms with E-state index in [4.69, 9.17) is 0 Å². The summed E-state index contributed by atoms with van der Waals surface area (Å²) in [6.45, 7) is 0.316. The topological polar surface area (TPSA) is 3.24 Å². The standard InChI is InChI=1S/C11H19BrF3N/c12-6-7-16(9-11(13,14)15)8-10-4-2-1-3-5-10/h10H,1-9H2. The second kappa shape index (κ2) is 6.84. The van der Waals surface area contributed by atoms with Crippen LogP contribution in [0.1, 0.15) is 32.1 Å². The van der Waals surface area contributed by atoms with E-state index >= 15 is 0 Å². The first-order valence-corrected chi connectivity index (χ1v) is 6.98. The summed E-state index contributed by atoms with van der Waals surface area (Å²) < 4.78 is 37.0. The summed E-state index contributed by atoms with van der Waals surface area (Å²) in [5, 5.41) is 0.607. The molecular formula is C11H19BrF3N. The van der Waals surface area contributed by atoms with Crippen LogP contribution in [0, 0.1) is 5.92 Å². The third-order valence-electron chi connectivity index (χ3n) is 3.04. The van der Waals surface area contributed by atoms with Crippen LogP contribution in [-0.2, 0) is 0 Å². The fourth-order valence-corrected chi connectivity index (χ4v) is 2.84. The van der Waals surface area contributed by atoms with Gasteiger partial charge < -0.3 is 0 Å². The normalized spacial score (nSPS) is 19.3. The third-order valence-corrected chi connectivity index (χ3v) is 3.40. The molecule has 0 spiro atoms. The molecule has 0 atom stereocenters. The number of hydrogen-bond acceptors (Lipinski definition) is 1. The average molecular weight is 302 g/mol. The van der Waals surface area contributed by atoms with Gasteiger partial charge in [-0.15, -0.1) is 0 Å². The Bertz CT molecular complexity index is 190. The predicted molar refractivity (Wildman–Crippen MR) is 62.9 cm³/mol. The zero-order valence-electron chi connectivity index (χ0n) is 9.40. The summed E-state index contributed by atoms with van der Waals surface area (Å²) in [6, 6.07) is 0. The van der Waals surface area contributed by atoms with Crippen molar-refractivity contribution in [2.45, 2.75) is 38.3 Å². The average Bonchev–Trinajstić information content (AvgIpc) is 2.17. The van der Waals surface area contributed by atoms with Gasteiger partial charge in [-0.05, 0) is 18.8 Å². The zero-order valence-corrected chi connectivity index (χ0v) is 11.0. The van der Waals surface area contributed by atoms with Gasteiger partial charge in [0.25, 0.3) is 0 Å². The highest BCUT2D eigenvalue weighted by Crippen LogP contribution is 2.25. The zero-order chi connectivity index (χ0) is 12.0. The lowest BCUT2D eigenvalue weighted by molar-refractivity contribution is -0.146. The SMILES string of the molecule is FC(F)(F)CN(CCBr)CC1CCCCC1. The van der Waals surface area contributed by atoms with Gasteiger partial charge in [0, 0.05) is 18.4 Å². The Morgan fingerprint density at radius 3 is 2.25 bits per heavy atom. The van der Waals surface area contributed by atoms with Crippen LogP contribution in [0.2, 0.25) is 0 Å². The van der Waals surface area contributed by atoms with Crippen LogP contribution in [0.15, 0.2) is 0 Å². The van der Waals surface area contributed by atoms with Gasteiger partial charge in [-0.25, -0.2) is 0 Å². The molecular weight excluding hydrogens is 283 g/mol. The molecule has 0 aliphatic heterocycles. The summed E-state index contributed by atoms with van der Waals surface area (Å²) in [5.41, 5.74) is 0. The van der Waals surface area contributed by atoms with E-state index in [2.05, 4.69) is 15.9 Å². The van der Waals surface area contributed by atoms with Crippen molar-refractivity contribution in [3.63, 3.8) is 0 Å². The first-order valence-electron chi connectivity index (χ1n) is 5.86. The van der Waals surface area contributed by atoms with Gasteiger partial charge in [0.05, 0.1) is 6.54 Å². The van der Waals surface area contributed by atoms with E-state index in [1.807, 2.05) is 0 Å². The molecule has 1 rings (SSSR count). The van der Waals surface area contributed by atoms with Gasteiger partial charge >= 0.3 is 6.18 Å². The van der Waals surface area contributed by atoms with Gasteiger partial charge in [0.15, 0.2) is 0 Å². The molecule has 1 aliphatic rings. The summed E-state index contributed by atoms with van der Waals surface area (Å²) in [5.74, 6) is 0.468. The van der Waals surface area contributed by atoms with Gasteiger partial charge in [0.1, 0.15) is 0 Å². The molecule has 0 N–H and O–H groups in total. The molecule has 1 saturated carbocycles. The minimum atomic E-state index is -4.07. The largest absolute Gasteiger partial charge is 0.401 e. The molecule has 0 radical (unpaired) electrons. The lowest BCUT2D eigenvalue weighted by Gasteiger charge is -2.29. The summed E-state index contributed by atoms with van der Waals surface area (Å²) in [7, 11) is 0. The lowest BCUT2D eigenvalue weighted by Crippen LogP contribution is -2.39. The van der Waals surface area contributed by atoms with Crippen molar-refractivity contribution in [3.05, 3.63) is 0 Å². The highest BCUT2D eigenvalue weighted by atomic mass is 79.9. The van der Waals surface area contributed by atoms with Crippen LogP contribution < -0.4 is 0 Å². The smallest absolute Gasteiger partial charge is 0.294 e. The summed E-state index contributed by atoms with van der Waals surface area (Å²) in [6.07, 6.45) is 1.72. The maximum Gasteiger partial charge on any atom is 0.401 e. The van der Waals surface area contributed by atoms with Crippen molar-refractivity contribution in [1.29, 1.82) is 0 Å². The van der Waals surface area contributed by atoms with Crippen molar-refractivity contribution < 1.29 is 13.2 Å². The number of nitrogens with zero attached hydrogens (tertiary/aromatic N) is 1. The van der Waals surface area contributed by atoms with Crippen LogP contribution in [-0.4, -0.2) is 36.0 Å². The van der Waals surface area contributed by atoms with Crippen molar-refractivity contribution in [1.82, 2.24) is 4.90 Å². The van der Waals surface area contributed by atoms with E-state index in [1.54, 1.807) is 0 Å². The predicted octanol–water partition coefficient (Wildman–Crippen LogP) is 3.83. The quantitative estimate of drug-likeness (QED) is 0.698. The molecule has 96 valence electrons. The molecule has 1 nitrogen and oxygen atoms in total. The van der Waals surface area contributed by atoms with Crippen LogP contribution in [0.5, 0.6) is 0 Å². The van der Waals surface area contributed by atoms with Crippen LogP contribution in [0.3, 0.4) is 0 Å². The fraction of sp³-hybridized carbons (Fsp3) is 1.00. The Morgan fingerprint density at radius 1 is 1.12 bits per heavy atom. The molecule has 0 unspecified atom stereocenters. The molecule has 0 aromatic heterocycles. The summed E-state index contributed by atoms with van der Waals surface area (Å²) in [4.78, 5) is 1.53. The fourth-order valence-electron chi connectivity index (χ4n) is 2.34. The number of rotatable bonds is 5. The molecule has 0 amide bonds.